The third-order valence-corrected chi connectivity index (χ3v) is 12.8. The highest BCUT2D eigenvalue weighted by Gasteiger charge is 2.46. The van der Waals surface area contributed by atoms with Crippen molar-refractivity contribution in [2.75, 3.05) is 31.6 Å². The van der Waals surface area contributed by atoms with Gasteiger partial charge in [0.25, 0.3) is 5.56 Å². The molecule has 0 saturated carbocycles. The maximum atomic E-state index is 15.4. The number of hydrogen-bond acceptors (Lipinski definition) is 13. The molecule has 0 fully saturated rings. The number of hydrogen-bond donors (Lipinski definition) is 7. The number of ether oxygens (including phenoxy) is 3. The van der Waals surface area contributed by atoms with E-state index in [2.05, 4.69) is 21.3 Å². The van der Waals surface area contributed by atoms with Crippen LogP contribution in [0.1, 0.15) is 104 Å². The summed E-state index contributed by atoms with van der Waals surface area (Å²) in [6.45, 7) is 7.80. The fourth-order valence-corrected chi connectivity index (χ4v) is 9.10. The highest BCUT2D eigenvalue weighted by molar-refractivity contribution is 5.98. The van der Waals surface area contributed by atoms with Gasteiger partial charge in [0.05, 0.1) is 48.3 Å². The monoisotopic (exact) mass is 926 g/mol. The van der Waals surface area contributed by atoms with Gasteiger partial charge in [0.15, 0.2) is 5.60 Å². The highest BCUT2D eigenvalue weighted by Crippen LogP contribution is 2.46. The minimum Gasteiger partial charge on any atom is -0.458 e. The predicted molar refractivity (Wildman–Crippen MR) is 245 cm³/mol. The number of amides is 4. The summed E-state index contributed by atoms with van der Waals surface area (Å²) in [6, 6.07) is 7.19. The van der Waals surface area contributed by atoms with Crippen molar-refractivity contribution in [2.24, 2.45) is 17.4 Å². The molecule has 2 aromatic carbocycles. The van der Waals surface area contributed by atoms with Crippen LogP contribution in [-0.4, -0.2) is 82.8 Å². The molecule has 1 aliphatic carbocycles. The number of cyclic esters (lactones) is 1. The zero-order valence-corrected chi connectivity index (χ0v) is 38.2. The number of fused-ring (bicyclic) bond motifs is 5. The van der Waals surface area contributed by atoms with Gasteiger partial charge in [0.2, 0.25) is 17.7 Å². The number of halogens is 1. The first-order valence-electron chi connectivity index (χ1n) is 22.8. The Bertz CT molecular complexity index is 2640. The van der Waals surface area contributed by atoms with E-state index < -0.39 is 59.0 Å². The maximum Gasteiger partial charge on any atom is 0.407 e. The average Bonchev–Trinajstić information content (AvgIpc) is 3.68. The van der Waals surface area contributed by atoms with Gasteiger partial charge in [-0.15, -0.1) is 0 Å². The van der Waals surface area contributed by atoms with E-state index in [4.69, 9.17) is 30.7 Å². The number of benzene rings is 2. The Balaban J connectivity index is 1.03. The number of aryl methyl sites for hydroxylation is 1. The summed E-state index contributed by atoms with van der Waals surface area (Å²) in [4.78, 5) is 84.7. The Labute approximate surface area is 386 Å². The third kappa shape index (κ3) is 10.0. The Kier molecular flexibility index (Phi) is 15.0. The van der Waals surface area contributed by atoms with E-state index in [1.165, 1.54) is 10.6 Å². The van der Waals surface area contributed by atoms with Crippen molar-refractivity contribution >= 4 is 46.4 Å². The number of aliphatic hydroxyl groups is 1. The van der Waals surface area contributed by atoms with E-state index in [1.54, 1.807) is 58.0 Å². The molecule has 0 spiro atoms. The number of unbranched alkanes of at least 4 members (excludes halogenated alkanes) is 1. The molecule has 3 aliphatic rings. The van der Waals surface area contributed by atoms with Gasteiger partial charge >= 0.3 is 12.1 Å². The lowest BCUT2D eigenvalue weighted by Crippen LogP contribution is -2.54. The molecule has 9 N–H and O–H groups in total. The van der Waals surface area contributed by atoms with E-state index >= 15 is 4.39 Å². The van der Waals surface area contributed by atoms with Crippen LogP contribution in [0.4, 0.5) is 14.9 Å². The molecule has 4 atom stereocenters. The molecule has 7 rings (SSSR count). The number of pyridine rings is 2. The Hall–Kier alpha value is -6.28. The van der Waals surface area contributed by atoms with Crippen LogP contribution in [0, 0.1) is 18.7 Å². The van der Waals surface area contributed by atoms with E-state index in [9.17, 15) is 33.9 Å². The lowest BCUT2D eigenvalue weighted by molar-refractivity contribution is -0.172. The van der Waals surface area contributed by atoms with Crippen LogP contribution in [0.25, 0.3) is 22.3 Å². The SMILES string of the molecule is CC[C@@]1(O)C(=O)OCc2c1cc1n(c2=O)Cc2c-1nc1cc(F)c(C)c3c1c2[C@@H](NC(=O)OCc1ccc(NC(=O)[C@H](CCCCN)NC(=O)[C@@H](NC(=O)CCOCCN)C(C)C)cc1)CC3. The van der Waals surface area contributed by atoms with Crippen LogP contribution in [0.2, 0.25) is 0 Å². The summed E-state index contributed by atoms with van der Waals surface area (Å²) in [5.41, 5.74) is 13.7. The number of nitrogens with one attached hydrogen (secondary N) is 4. The molecule has 0 bridgehead atoms. The van der Waals surface area contributed by atoms with Gasteiger partial charge in [-0.25, -0.2) is 19.0 Å². The van der Waals surface area contributed by atoms with Gasteiger partial charge in [-0.05, 0) is 98.4 Å². The fraction of sp³-hybridized carbons (Fsp3) is 0.479. The number of aromatic nitrogens is 2. The minimum atomic E-state index is -2.03. The molecular weight excluding hydrogens is 868 g/mol. The first kappa shape index (κ1) is 48.6. The topological polar surface area (TPSA) is 268 Å². The highest BCUT2D eigenvalue weighted by atomic mass is 19.1. The zero-order valence-electron chi connectivity index (χ0n) is 38.2. The van der Waals surface area contributed by atoms with Crippen molar-refractivity contribution in [3.8, 4) is 11.4 Å². The number of carbonyl (C=O) groups is 5. The summed E-state index contributed by atoms with van der Waals surface area (Å²) in [7, 11) is 0. The molecule has 19 heteroatoms. The van der Waals surface area contributed by atoms with Crippen LogP contribution in [0.5, 0.6) is 0 Å². The standard InChI is InChI=1S/C48H59FN8O10/c1-5-48(64)32-20-37-42-30(22-57(37)45(61)31(32)24-66-46(48)62)40-34(14-13-29-26(4)33(49)21-36(53-42)39(29)40)55-47(63)67-23-27-9-11-28(12-10-27)52-43(59)35(8-6-7-16-50)54-44(60)41(25(2)3)56-38(58)15-18-65-19-17-51/h9-12,20-21,25,34-35,41,64H,5-8,13-19,22-24,50-51H2,1-4H3,(H,52,59)(H,54,60)(H,55,63)(H,56,58)/t34-,35-,41-,48-/m0/s1. The quantitative estimate of drug-likeness (QED) is 0.0463. The van der Waals surface area contributed by atoms with Crippen molar-refractivity contribution in [1.29, 1.82) is 0 Å². The first-order chi connectivity index (χ1) is 32.1. The fourth-order valence-electron chi connectivity index (χ4n) is 9.10. The Morgan fingerprint density at radius 2 is 1.78 bits per heavy atom. The predicted octanol–water partition coefficient (Wildman–Crippen LogP) is 3.50. The Morgan fingerprint density at radius 1 is 1.01 bits per heavy atom. The molecule has 4 heterocycles. The minimum absolute atomic E-state index is 0.0253. The molecular formula is C48H59FN8O10. The smallest absolute Gasteiger partial charge is 0.407 e. The van der Waals surface area contributed by atoms with Gasteiger partial charge in [0.1, 0.15) is 31.1 Å². The summed E-state index contributed by atoms with van der Waals surface area (Å²) < 4.78 is 33.1. The normalized spacial score (nSPS) is 17.7. The summed E-state index contributed by atoms with van der Waals surface area (Å²) in [6.07, 6.45) is 1.67. The molecule has 358 valence electrons. The van der Waals surface area contributed by atoms with Crippen LogP contribution < -0.4 is 38.3 Å². The molecule has 4 aromatic rings. The maximum absolute atomic E-state index is 15.4. The molecule has 18 nitrogen and oxygen atoms in total. The van der Waals surface area contributed by atoms with Crippen molar-refractivity contribution < 1.29 is 47.7 Å². The van der Waals surface area contributed by atoms with E-state index in [-0.39, 0.29) is 62.2 Å². The van der Waals surface area contributed by atoms with E-state index in [0.29, 0.717) is 102 Å². The molecule has 67 heavy (non-hydrogen) atoms. The molecule has 4 amide bonds. The molecule has 2 aromatic heterocycles. The number of alkyl carbamates (subject to hydrolysis) is 1. The number of nitrogens with two attached hydrogens (primary N) is 2. The van der Waals surface area contributed by atoms with Gasteiger partial charge in [-0.1, -0.05) is 32.9 Å². The Morgan fingerprint density at radius 3 is 2.48 bits per heavy atom. The first-order valence-corrected chi connectivity index (χ1v) is 22.8. The summed E-state index contributed by atoms with van der Waals surface area (Å²) in [5.74, 6) is -2.87. The number of esters is 1. The second kappa shape index (κ2) is 20.7. The van der Waals surface area contributed by atoms with Crippen molar-refractivity contribution in [3.63, 3.8) is 0 Å². The van der Waals surface area contributed by atoms with Crippen LogP contribution in [-0.2, 0) is 65.2 Å². The van der Waals surface area contributed by atoms with E-state index in [1.807, 2.05) is 0 Å². The summed E-state index contributed by atoms with van der Waals surface area (Å²) in [5, 5.41) is 23.5. The lowest BCUT2D eigenvalue weighted by Gasteiger charge is -2.31. The number of carbonyl (C=O) groups excluding carboxylic acids is 5. The third-order valence-electron chi connectivity index (χ3n) is 12.8. The second-order valence-electron chi connectivity index (χ2n) is 17.6. The van der Waals surface area contributed by atoms with Gasteiger partial charge in [-0.2, -0.15) is 0 Å². The molecule has 0 radical (unpaired) electrons. The molecule has 0 unspecified atom stereocenters. The zero-order chi connectivity index (χ0) is 48.2. The number of rotatable bonds is 19. The van der Waals surface area contributed by atoms with Gasteiger partial charge in [-0.3, -0.25) is 19.2 Å². The largest absolute Gasteiger partial charge is 0.458 e. The van der Waals surface area contributed by atoms with Crippen molar-refractivity contribution in [1.82, 2.24) is 25.5 Å². The van der Waals surface area contributed by atoms with Crippen LogP contribution in [0.15, 0.2) is 41.2 Å². The van der Waals surface area contributed by atoms with Crippen molar-refractivity contribution in [3.05, 3.63) is 91.5 Å². The van der Waals surface area contributed by atoms with Crippen LogP contribution >= 0.6 is 0 Å². The van der Waals surface area contributed by atoms with E-state index in [0.717, 1.165) is 5.56 Å². The summed E-state index contributed by atoms with van der Waals surface area (Å²) >= 11 is 0. The lowest BCUT2D eigenvalue weighted by atomic mass is 9.81. The van der Waals surface area contributed by atoms with Crippen LogP contribution in [0.3, 0.4) is 0 Å². The molecule has 2 aliphatic heterocycles. The van der Waals surface area contributed by atoms with Crippen molar-refractivity contribution in [2.45, 2.75) is 116 Å². The number of nitrogens with zero attached hydrogens (tertiary/aromatic N) is 2. The average molecular weight is 927 g/mol. The van der Waals surface area contributed by atoms with Gasteiger partial charge in [0, 0.05) is 41.2 Å². The number of anilines is 1. The molecule has 0 saturated heterocycles. The van der Waals surface area contributed by atoms with Gasteiger partial charge < -0.3 is 56.6 Å². The second-order valence-corrected chi connectivity index (χ2v) is 17.6.